The van der Waals surface area contributed by atoms with Crippen LogP contribution in [0.15, 0.2) is 24.3 Å². The van der Waals surface area contributed by atoms with Crippen molar-refractivity contribution < 1.29 is 0 Å². The monoisotopic (exact) mass is 274 g/mol. The Bertz CT molecular complexity index is 398. The predicted octanol–water partition coefficient (Wildman–Crippen LogP) is 3.95. The summed E-state index contributed by atoms with van der Waals surface area (Å²) in [5.41, 5.74) is 3.00. The summed E-state index contributed by atoms with van der Waals surface area (Å²) in [4.78, 5) is 2.64. The molecule has 1 saturated carbocycles. The number of nitrogens with one attached hydrogen (secondary N) is 1. The third-order valence-corrected chi connectivity index (χ3v) is 3.81. The van der Waals surface area contributed by atoms with E-state index in [-0.39, 0.29) is 5.54 Å². The molecule has 20 heavy (non-hydrogen) atoms. The van der Waals surface area contributed by atoms with Crippen LogP contribution < -0.4 is 5.32 Å². The second-order valence-electron chi connectivity index (χ2n) is 7.12. The summed E-state index contributed by atoms with van der Waals surface area (Å²) in [5, 5.41) is 3.54. The van der Waals surface area contributed by atoms with Gasteiger partial charge in [0.15, 0.2) is 0 Å². The Morgan fingerprint density at radius 2 is 1.70 bits per heavy atom. The summed E-state index contributed by atoms with van der Waals surface area (Å²) in [6.45, 7) is 12.2. The third kappa shape index (κ3) is 5.26. The number of rotatable bonds is 7. The standard InChI is InChI=1S/C18H30N2/c1-5-12-20(17-10-11-17)14-16-8-6-15(7-9-16)13-19-18(2,3)4/h6-9,17,19H,5,10-14H2,1-4H3. The van der Waals surface area contributed by atoms with E-state index in [1.165, 1.54) is 36.9 Å². The Morgan fingerprint density at radius 3 is 2.20 bits per heavy atom. The third-order valence-electron chi connectivity index (χ3n) is 3.81. The first-order valence-electron chi connectivity index (χ1n) is 8.05. The van der Waals surface area contributed by atoms with Crippen LogP contribution in [0.25, 0.3) is 0 Å². The highest BCUT2D eigenvalue weighted by atomic mass is 15.2. The number of benzene rings is 1. The number of hydrogen-bond donors (Lipinski definition) is 1. The van der Waals surface area contributed by atoms with Gasteiger partial charge in [-0.2, -0.15) is 0 Å². The van der Waals surface area contributed by atoms with Crippen molar-refractivity contribution >= 4 is 0 Å². The van der Waals surface area contributed by atoms with Crippen LogP contribution in [0.5, 0.6) is 0 Å². The molecule has 0 atom stereocenters. The van der Waals surface area contributed by atoms with E-state index in [0.717, 1.165) is 19.1 Å². The van der Waals surface area contributed by atoms with Crippen LogP contribution in [-0.4, -0.2) is 23.0 Å². The molecule has 0 radical (unpaired) electrons. The van der Waals surface area contributed by atoms with Gasteiger partial charge in [0, 0.05) is 24.7 Å². The summed E-state index contributed by atoms with van der Waals surface area (Å²) in [7, 11) is 0. The van der Waals surface area contributed by atoms with Crippen LogP contribution >= 0.6 is 0 Å². The van der Waals surface area contributed by atoms with Gasteiger partial charge in [0.2, 0.25) is 0 Å². The zero-order valence-electron chi connectivity index (χ0n) is 13.6. The van der Waals surface area contributed by atoms with Crippen molar-refractivity contribution in [1.29, 1.82) is 0 Å². The van der Waals surface area contributed by atoms with E-state index < -0.39 is 0 Å². The highest BCUT2D eigenvalue weighted by Gasteiger charge is 2.28. The van der Waals surface area contributed by atoms with Crippen LogP contribution in [-0.2, 0) is 13.1 Å². The van der Waals surface area contributed by atoms with Gasteiger partial charge >= 0.3 is 0 Å². The van der Waals surface area contributed by atoms with Crippen molar-refractivity contribution in [3.63, 3.8) is 0 Å². The maximum atomic E-state index is 3.54. The first-order chi connectivity index (χ1) is 9.48. The molecule has 1 fully saturated rings. The molecule has 1 aliphatic carbocycles. The van der Waals surface area contributed by atoms with Crippen molar-refractivity contribution in [3.05, 3.63) is 35.4 Å². The molecule has 0 heterocycles. The van der Waals surface area contributed by atoms with E-state index in [9.17, 15) is 0 Å². The molecular formula is C18H30N2. The Kier molecular flexibility index (Phi) is 5.22. The molecule has 1 aromatic rings. The number of nitrogens with zero attached hydrogens (tertiary/aromatic N) is 1. The van der Waals surface area contributed by atoms with Crippen LogP contribution in [0.2, 0.25) is 0 Å². The molecule has 0 saturated heterocycles. The van der Waals surface area contributed by atoms with Gasteiger partial charge < -0.3 is 5.32 Å². The lowest BCUT2D eigenvalue weighted by Gasteiger charge is -2.22. The van der Waals surface area contributed by atoms with E-state index in [1.54, 1.807) is 0 Å². The second-order valence-corrected chi connectivity index (χ2v) is 7.12. The van der Waals surface area contributed by atoms with Gasteiger partial charge in [0.25, 0.3) is 0 Å². The summed E-state index contributed by atoms with van der Waals surface area (Å²) in [6.07, 6.45) is 4.05. The molecule has 112 valence electrons. The molecule has 2 nitrogen and oxygen atoms in total. The van der Waals surface area contributed by atoms with Crippen LogP contribution in [0.1, 0.15) is 58.1 Å². The average Bonchev–Trinajstić information content (AvgIpc) is 3.21. The minimum atomic E-state index is 0.183. The van der Waals surface area contributed by atoms with Gasteiger partial charge in [0.1, 0.15) is 0 Å². The lowest BCUT2D eigenvalue weighted by molar-refractivity contribution is 0.255. The van der Waals surface area contributed by atoms with Gasteiger partial charge in [0.05, 0.1) is 0 Å². The Labute approximate surface area is 124 Å². The first-order valence-corrected chi connectivity index (χ1v) is 8.05. The van der Waals surface area contributed by atoms with Crippen LogP contribution in [0.4, 0.5) is 0 Å². The van der Waals surface area contributed by atoms with Crippen molar-refractivity contribution in [2.24, 2.45) is 0 Å². The maximum absolute atomic E-state index is 3.54. The molecule has 0 bridgehead atoms. The molecule has 0 aliphatic heterocycles. The molecule has 2 rings (SSSR count). The van der Waals surface area contributed by atoms with Gasteiger partial charge in [-0.3, -0.25) is 4.90 Å². The fourth-order valence-electron chi connectivity index (χ4n) is 2.48. The van der Waals surface area contributed by atoms with Crippen LogP contribution in [0, 0.1) is 0 Å². The largest absolute Gasteiger partial charge is 0.308 e. The molecule has 1 aliphatic rings. The average molecular weight is 274 g/mol. The molecule has 0 aromatic heterocycles. The normalized spacial score (nSPS) is 15.8. The summed E-state index contributed by atoms with van der Waals surface area (Å²) < 4.78 is 0. The first kappa shape index (κ1) is 15.5. The van der Waals surface area contributed by atoms with Crippen molar-refractivity contribution in [2.75, 3.05) is 6.54 Å². The summed E-state index contributed by atoms with van der Waals surface area (Å²) in [6, 6.07) is 9.99. The van der Waals surface area contributed by atoms with Gasteiger partial charge in [-0.15, -0.1) is 0 Å². The van der Waals surface area contributed by atoms with Gasteiger partial charge in [-0.25, -0.2) is 0 Å². The van der Waals surface area contributed by atoms with Crippen LogP contribution in [0.3, 0.4) is 0 Å². The molecule has 0 spiro atoms. The van der Waals surface area contributed by atoms with E-state index >= 15 is 0 Å². The molecule has 1 N–H and O–H groups in total. The molecule has 0 amide bonds. The molecule has 2 heteroatoms. The van der Waals surface area contributed by atoms with Gasteiger partial charge in [-0.1, -0.05) is 31.2 Å². The minimum Gasteiger partial charge on any atom is -0.308 e. The van der Waals surface area contributed by atoms with E-state index in [0.29, 0.717) is 0 Å². The predicted molar refractivity (Wildman–Crippen MR) is 86.8 cm³/mol. The van der Waals surface area contributed by atoms with E-state index in [2.05, 4.69) is 62.2 Å². The van der Waals surface area contributed by atoms with Crippen molar-refractivity contribution in [2.45, 2.75) is 71.6 Å². The lowest BCUT2D eigenvalue weighted by Crippen LogP contribution is -2.35. The molecular weight excluding hydrogens is 244 g/mol. The molecule has 1 aromatic carbocycles. The zero-order valence-corrected chi connectivity index (χ0v) is 13.6. The lowest BCUT2D eigenvalue weighted by atomic mass is 10.1. The fraction of sp³-hybridized carbons (Fsp3) is 0.667. The Balaban J connectivity index is 1.87. The zero-order chi connectivity index (χ0) is 14.6. The Hall–Kier alpha value is -0.860. The minimum absolute atomic E-state index is 0.183. The molecule has 0 unspecified atom stereocenters. The smallest absolute Gasteiger partial charge is 0.0236 e. The van der Waals surface area contributed by atoms with E-state index in [4.69, 9.17) is 0 Å². The highest BCUT2D eigenvalue weighted by molar-refractivity contribution is 5.22. The topological polar surface area (TPSA) is 15.3 Å². The summed E-state index contributed by atoms with van der Waals surface area (Å²) in [5.74, 6) is 0. The Morgan fingerprint density at radius 1 is 1.10 bits per heavy atom. The maximum Gasteiger partial charge on any atom is 0.0236 e. The fourth-order valence-corrected chi connectivity index (χ4v) is 2.48. The van der Waals surface area contributed by atoms with Crippen molar-refractivity contribution in [3.8, 4) is 0 Å². The quantitative estimate of drug-likeness (QED) is 0.810. The second kappa shape index (κ2) is 6.73. The summed E-state index contributed by atoms with van der Waals surface area (Å²) >= 11 is 0. The SMILES string of the molecule is CCCN(Cc1ccc(CNC(C)(C)C)cc1)C1CC1. The van der Waals surface area contributed by atoms with Gasteiger partial charge in [-0.05, 0) is 57.7 Å². The highest BCUT2D eigenvalue weighted by Crippen LogP contribution is 2.28. The number of hydrogen-bond acceptors (Lipinski definition) is 2. The van der Waals surface area contributed by atoms with Crippen molar-refractivity contribution in [1.82, 2.24) is 10.2 Å². The van der Waals surface area contributed by atoms with E-state index in [1.807, 2.05) is 0 Å².